The Hall–Kier alpha value is -0.740. The molecule has 0 saturated carbocycles. The van der Waals surface area contributed by atoms with Crippen LogP contribution in [0.1, 0.15) is 32.1 Å². The van der Waals surface area contributed by atoms with Crippen LogP contribution in [0.25, 0.3) is 0 Å². The molecule has 0 radical (unpaired) electrons. The van der Waals surface area contributed by atoms with Crippen molar-refractivity contribution in [1.29, 1.82) is 0 Å². The first-order valence-electron chi connectivity index (χ1n) is 10.7. The molecule has 0 aromatic carbocycles. The van der Waals surface area contributed by atoms with Crippen LogP contribution in [0.2, 0.25) is 0 Å². The summed E-state index contributed by atoms with van der Waals surface area (Å²) in [6.07, 6.45) is 6.19. The molecule has 0 aromatic heterocycles. The number of nitrogens with zero attached hydrogens (tertiary/aromatic N) is 3. The van der Waals surface area contributed by atoms with Gasteiger partial charge in [0.15, 0.2) is 0 Å². The molecule has 4 heterocycles. The van der Waals surface area contributed by atoms with E-state index < -0.39 is 10.0 Å². The Morgan fingerprint density at radius 2 is 1.79 bits per heavy atom. The van der Waals surface area contributed by atoms with Gasteiger partial charge in [-0.2, -0.15) is 0 Å². The topological polar surface area (TPSA) is 93.2 Å². The van der Waals surface area contributed by atoms with E-state index in [9.17, 15) is 18.3 Å². The van der Waals surface area contributed by atoms with Crippen LogP contribution in [0.5, 0.6) is 0 Å². The summed E-state index contributed by atoms with van der Waals surface area (Å²) in [5.74, 6) is 1.59. The predicted octanol–water partition coefficient (Wildman–Crippen LogP) is -0.286. The second-order valence-electron chi connectivity index (χ2n) is 9.13. The number of aliphatic hydroxyl groups is 1. The molecule has 28 heavy (non-hydrogen) atoms. The molecule has 0 spiro atoms. The molecule has 4 aliphatic rings. The molecule has 0 aliphatic carbocycles. The molecule has 160 valence electrons. The molecule has 4 aliphatic heterocycles. The summed E-state index contributed by atoms with van der Waals surface area (Å²) in [6.45, 7) is 4.55. The van der Waals surface area contributed by atoms with Gasteiger partial charge in [0.2, 0.25) is 15.9 Å². The molecule has 8 nitrogen and oxygen atoms in total. The number of rotatable bonds is 4. The summed E-state index contributed by atoms with van der Waals surface area (Å²) in [4.78, 5) is 15.1. The van der Waals surface area contributed by atoms with Crippen molar-refractivity contribution in [3.63, 3.8) is 0 Å². The Balaban J connectivity index is 1.35. The highest BCUT2D eigenvalue weighted by Gasteiger charge is 2.46. The van der Waals surface area contributed by atoms with Crippen molar-refractivity contribution >= 4 is 15.9 Å². The van der Waals surface area contributed by atoms with Crippen LogP contribution in [0, 0.1) is 23.7 Å². The lowest BCUT2D eigenvalue weighted by Crippen LogP contribution is -2.49. The van der Waals surface area contributed by atoms with Crippen molar-refractivity contribution in [3.05, 3.63) is 0 Å². The molecule has 1 amide bonds. The molecular formula is C19H34N4O4S. The second-order valence-corrected chi connectivity index (χ2v) is 11.1. The molecule has 4 saturated heterocycles. The summed E-state index contributed by atoms with van der Waals surface area (Å²) < 4.78 is 25.1. The third kappa shape index (κ3) is 4.09. The molecular weight excluding hydrogens is 380 g/mol. The van der Waals surface area contributed by atoms with Gasteiger partial charge in [0.1, 0.15) is 0 Å². The highest BCUT2D eigenvalue weighted by atomic mass is 32.2. The average Bonchev–Trinajstić information content (AvgIpc) is 3.33. The van der Waals surface area contributed by atoms with E-state index in [1.807, 2.05) is 4.90 Å². The third-order valence-electron chi connectivity index (χ3n) is 7.47. The number of carbonyl (C=O) groups excluding carboxylic acids is 1. The Bertz CT molecular complexity index is 679. The number of hydrogen-bond acceptors (Lipinski definition) is 6. The van der Waals surface area contributed by atoms with Gasteiger partial charge in [0.25, 0.3) is 0 Å². The van der Waals surface area contributed by atoms with E-state index in [4.69, 9.17) is 0 Å². The molecule has 4 unspecified atom stereocenters. The van der Waals surface area contributed by atoms with E-state index in [0.29, 0.717) is 38.0 Å². The minimum Gasteiger partial charge on any atom is -0.396 e. The Labute approximate surface area is 168 Å². The maximum absolute atomic E-state index is 13.1. The fourth-order valence-corrected chi connectivity index (χ4v) is 6.60. The number of sulfonamides is 1. The smallest absolute Gasteiger partial charge is 0.228 e. The second kappa shape index (κ2) is 8.18. The van der Waals surface area contributed by atoms with Crippen molar-refractivity contribution in [2.24, 2.45) is 23.7 Å². The van der Waals surface area contributed by atoms with Gasteiger partial charge in [0.05, 0.1) is 12.2 Å². The van der Waals surface area contributed by atoms with Crippen LogP contribution in [0.15, 0.2) is 0 Å². The van der Waals surface area contributed by atoms with E-state index >= 15 is 0 Å². The number of carbonyl (C=O) groups is 1. The average molecular weight is 415 g/mol. The zero-order chi connectivity index (χ0) is 19.9. The first-order valence-corrected chi connectivity index (χ1v) is 12.6. The van der Waals surface area contributed by atoms with E-state index in [0.717, 1.165) is 45.2 Å². The van der Waals surface area contributed by atoms with Gasteiger partial charge < -0.3 is 10.0 Å². The van der Waals surface area contributed by atoms with Crippen LogP contribution in [-0.4, -0.2) is 91.8 Å². The van der Waals surface area contributed by atoms with Crippen molar-refractivity contribution < 1.29 is 18.3 Å². The van der Waals surface area contributed by atoms with Gasteiger partial charge >= 0.3 is 0 Å². The van der Waals surface area contributed by atoms with Gasteiger partial charge in [-0.05, 0) is 43.9 Å². The summed E-state index contributed by atoms with van der Waals surface area (Å²) in [5.41, 5.74) is 3.44. The van der Waals surface area contributed by atoms with Crippen LogP contribution in [0.4, 0.5) is 0 Å². The van der Waals surface area contributed by atoms with Crippen LogP contribution in [-0.2, 0) is 14.8 Å². The van der Waals surface area contributed by atoms with Crippen LogP contribution >= 0.6 is 0 Å². The Morgan fingerprint density at radius 3 is 2.43 bits per heavy atom. The van der Waals surface area contributed by atoms with Crippen molar-refractivity contribution in [2.45, 2.75) is 38.1 Å². The molecule has 0 bridgehead atoms. The number of nitrogens with one attached hydrogen (secondary N) is 1. The van der Waals surface area contributed by atoms with Crippen LogP contribution < -0.4 is 5.43 Å². The maximum Gasteiger partial charge on any atom is 0.228 e. The van der Waals surface area contributed by atoms with Crippen molar-refractivity contribution in [2.75, 3.05) is 52.1 Å². The quantitative estimate of drug-likeness (QED) is 0.657. The number of hydrazine groups is 1. The normalized spacial score (nSPS) is 36.0. The Morgan fingerprint density at radius 1 is 1.07 bits per heavy atom. The predicted molar refractivity (Wildman–Crippen MR) is 106 cm³/mol. The van der Waals surface area contributed by atoms with Crippen LogP contribution in [0.3, 0.4) is 0 Å². The molecule has 0 aromatic rings. The highest BCUT2D eigenvalue weighted by Crippen LogP contribution is 2.39. The van der Waals surface area contributed by atoms with Gasteiger partial charge in [0, 0.05) is 57.8 Å². The molecule has 2 N–H and O–H groups in total. The van der Waals surface area contributed by atoms with E-state index in [-0.39, 0.29) is 30.4 Å². The summed E-state index contributed by atoms with van der Waals surface area (Å²) in [5, 5.41) is 11.6. The maximum atomic E-state index is 13.1. The fourth-order valence-electron chi connectivity index (χ4n) is 5.73. The number of amides is 1. The van der Waals surface area contributed by atoms with Gasteiger partial charge in [-0.1, -0.05) is 0 Å². The largest absolute Gasteiger partial charge is 0.396 e. The standard InChI is InChI=1S/C19H34N4O4S/c1-28(26,27)22-7-3-15(4-8-22)16-5-9-23-18(10-16)17(11-20-23)19(25)21-6-2-14(12-21)13-24/h14-18,20,24H,2-13H2,1H3. The van der Waals surface area contributed by atoms with Gasteiger partial charge in [-0.25, -0.2) is 17.7 Å². The summed E-state index contributed by atoms with van der Waals surface area (Å²) in [7, 11) is -3.08. The summed E-state index contributed by atoms with van der Waals surface area (Å²) in [6, 6.07) is 0.243. The van der Waals surface area contributed by atoms with Crippen molar-refractivity contribution in [3.8, 4) is 0 Å². The minimum absolute atomic E-state index is 0.00338. The highest BCUT2D eigenvalue weighted by molar-refractivity contribution is 7.88. The lowest BCUT2D eigenvalue weighted by molar-refractivity contribution is -0.135. The van der Waals surface area contributed by atoms with Crippen molar-refractivity contribution in [1.82, 2.24) is 19.6 Å². The monoisotopic (exact) mass is 414 g/mol. The number of likely N-dealkylation sites (tertiary alicyclic amines) is 1. The van der Waals surface area contributed by atoms with E-state index in [2.05, 4.69) is 10.4 Å². The lowest BCUT2D eigenvalue weighted by Gasteiger charge is -2.42. The number of piperidine rings is 2. The zero-order valence-electron chi connectivity index (χ0n) is 16.8. The summed E-state index contributed by atoms with van der Waals surface area (Å²) >= 11 is 0. The molecule has 4 fully saturated rings. The lowest BCUT2D eigenvalue weighted by atomic mass is 9.75. The van der Waals surface area contributed by atoms with E-state index in [1.165, 1.54) is 6.26 Å². The first-order chi connectivity index (χ1) is 13.4. The fraction of sp³-hybridized carbons (Fsp3) is 0.947. The Kier molecular flexibility index (Phi) is 6.00. The van der Waals surface area contributed by atoms with Gasteiger partial charge in [-0.15, -0.1) is 0 Å². The molecule has 4 atom stereocenters. The number of hydrogen-bond donors (Lipinski definition) is 2. The zero-order valence-corrected chi connectivity index (χ0v) is 17.6. The minimum atomic E-state index is -3.08. The first kappa shape index (κ1) is 20.5. The molecule has 9 heteroatoms. The molecule has 4 rings (SSSR count). The number of fused-ring (bicyclic) bond motifs is 1. The van der Waals surface area contributed by atoms with E-state index in [1.54, 1.807) is 4.31 Å². The third-order valence-corrected chi connectivity index (χ3v) is 8.77. The SMILES string of the molecule is CS(=O)(=O)N1CCC(C2CCN3NCC(C(=O)N4CCC(CO)C4)C3C2)CC1. The van der Waals surface area contributed by atoms with Gasteiger partial charge in [-0.3, -0.25) is 10.2 Å². The number of aliphatic hydroxyl groups excluding tert-OH is 1.